The minimum absolute atomic E-state index is 0.0942. The van der Waals surface area contributed by atoms with E-state index in [9.17, 15) is 8.42 Å². The van der Waals surface area contributed by atoms with Crippen LogP contribution in [0.2, 0.25) is 0 Å². The van der Waals surface area contributed by atoms with E-state index < -0.39 is 10.0 Å². The first-order chi connectivity index (χ1) is 10.1. The molecule has 0 aliphatic heterocycles. The number of aromatic nitrogens is 1. The number of hydrogen-bond donors (Lipinski definition) is 2. The minimum Gasteiger partial charge on any atom is -0.392 e. The molecule has 0 atom stereocenters. The predicted molar refractivity (Wildman–Crippen MR) is 80.9 cm³/mol. The summed E-state index contributed by atoms with van der Waals surface area (Å²) in [5.41, 5.74) is 2.21. The molecule has 0 spiro atoms. The SMILES string of the molecule is O=S(=O)(Cc1cccc(CO)c1)NCCc1ccccn1. The van der Waals surface area contributed by atoms with Crippen LogP contribution in [0.3, 0.4) is 0 Å². The standard InChI is InChI=1S/C15H18N2O3S/c18-11-13-4-3-5-14(10-13)12-21(19,20)17-9-7-15-6-1-2-8-16-15/h1-6,8,10,17-18H,7,9,11-12H2. The summed E-state index contributed by atoms with van der Waals surface area (Å²) in [7, 11) is -3.39. The van der Waals surface area contributed by atoms with Crippen LogP contribution < -0.4 is 4.72 Å². The molecule has 1 heterocycles. The summed E-state index contributed by atoms with van der Waals surface area (Å²) >= 11 is 0. The highest BCUT2D eigenvalue weighted by molar-refractivity contribution is 7.88. The van der Waals surface area contributed by atoms with Crippen LogP contribution in [0, 0.1) is 0 Å². The van der Waals surface area contributed by atoms with Crippen molar-refractivity contribution in [2.75, 3.05) is 6.54 Å². The van der Waals surface area contributed by atoms with Gasteiger partial charge in [-0.1, -0.05) is 30.3 Å². The molecule has 1 aromatic carbocycles. The third-order valence-electron chi connectivity index (χ3n) is 2.96. The number of hydrogen-bond acceptors (Lipinski definition) is 4. The zero-order valence-electron chi connectivity index (χ0n) is 11.6. The number of benzene rings is 1. The van der Waals surface area contributed by atoms with Crippen molar-refractivity contribution in [3.05, 3.63) is 65.5 Å². The van der Waals surface area contributed by atoms with E-state index in [1.165, 1.54) is 0 Å². The molecule has 0 aliphatic rings. The maximum Gasteiger partial charge on any atom is 0.215 e. The van der Waals surface area contributed by atoms with E-state index >= 15 is 0 Å². The van der Waals surface area contributed by atoms with E-state index in [2.05, 4.69) is 9.71 Å². The lowest BCUT2D eigenvalue weighted by Crippen LogP contribution is -2.27. The Hall–Kier alpha value is -1.76. The predicted octanol–water partition coefficient (Wildman–Crippen LogP) is 1.24. The second-order valence-corrected chi connectivity index (χ2v) is 6.51. The Kier molecular flexibility index (Phi) is 5.44. The van der Waals surface area contributed by atoms with Gasteiger partial charge in [0.25, 0.3) is 0 Å². The molecule has 0 unspecified atom stereocenters. The fraction of sp³-hybridized carbons (Fsp3) is 0.267. The fourth-order valence-corrected chi connectivity index (χ4v) is 3.10. The maximum atomic E-state index is 12.0. The highest BCUT2D eigenvalue weighted by Crippen LogP contribution is 2.08. The average Bonchev–Trinajstić information content (AvgIpc) is 2.48. The largest absolute Gasteiger partial charge is 0.392 e. The lowest BCUT2D eigenvalue weighted by atomic mass is 10.1. The third kappa shape index (κ3) is 5.26. The number of rotatable bonds is 7. The summed E-state index contributed by atoms with van der Waals surface area (Å²) < 4.78 is 26.6. The first-order valence-corrected chi connectivity index (χ1v) is 8.30. The molecule has 2 N–H and O–H groups in total. The van der Waals surface area contributed by atoms with Crippen molar-refractivity contribution < 1.29 is 13.5 Å². The Morgan fingerprint density at radius 3 is 2.62 bits per heavy atom. The number of pyridine rings is 1. The Morgan fingerprint density at radius 1 is 1.10 bits per heavy atom. The molecule has 5 nitrogen and oxygen atoms in total. The summed E-state index contributed by atoms with van der Waals surface area (Å²) in [6, 6.07) is 12.5. The topological polar surface area (TPSA) is 79.3 Å². The number of aliphatic hydroxyl groups excluding tert-OH is 1. The summed E-state index contributed by atoms with van der Waals surface area (Å²) in [4.78, 5) is 4.14. The van der Waals surface area contributed by atoms with Gasteiger partial charge in [-0.2, -0.15) is 0 Å². The van der Waals surface area contributed by atoms with Gasteiger partial charge in [0.2, 0.25) is 10.0 Å². The van der Waals surface area contributed by atoms with Crippen molar-refractivity contribution in [3.63, 3.8) is 0 Å². The van der Waals surface area contributed by atoms with Crippen molar-refractivity contribution in [1.29, 1.82) is 0 Å². The summed E-state index contributed by atoms with van der Waals surface area (Å²) in [5, 5.41) is 9.06. The normalized spacial score (nSPS) is 11.5. The summed E-state index contributed by atoms with van der Waals surface area (Å²) in [6.07, 6.45) is 2.24. The summed E-state index contributed by atoms with van der Waals surface area (Å²) in [6.45, 7) is 0.222. The molecule has 0 saturated carbocycles. The van der Waals surface area contributed by atoms with Gasteiger partial charge in [0.1, 0.15) is 0 Å². The van der Waals surface area contributed by atoms with Gasteiger partial charge < -0.3 is 5.11 Å². The lowest BCUT2D eigenvalue weighted by molar-refractivity contribution is 0.282. The van der Waals surface area contributed by atoms with Gasteiger partial charge in [0.15, 0.2) is 0 Å². The van der Waals surface area contributed by atoms with Crippen LogP contribution in [-0.4, -0.2) is 25.1 Å². The molecule has 2 rings (SSSR count). The van der Waals surface area contributed by atoms with E-state index in [1.54, 1.807) is 30.5 Å². The Bertz CT molecular complexity index is 672. The molecular weight excluding hydrogens is 288 g/mol. The van der Waals surface area contributed by atoms with E-state index in [4.69, 9.17) is 5.11 Å². The Labute approximate surface area is 124 Å². The number of nitrogens with zero attached hydrogens (tertiary/aromatic N) is 1. The molecule has 0 fully saturated rings. The van der Waals surface area contributed by atoms with Crippen molar-refractivity contribution >= 4 is 10.0 Å². The van der Waals surface area contributed by atoms with Gasteiger partial charge in [-0.15, -0.1) is 0 Å². The van der Waals surface area contributed by atoms with Crippen LogP contribution in [0.25, 0.3) is 0 Å². The van der Waals surface area contributed by atoms with Crippen molar-refractivity contribution in [3.8, 4) is 0 Å². The Balaban J connectivity index is 1.89. The first kappa shape index (κ1) is 15.6. The summed E-state index contributed by atoms with van der Waals surface area (Å²) in [5.74, 6) is -0.0942. The molecule has 6 heteroatoms. The van der Waals surface area contributed by atoms with Gasteiger partial charge in [0.05, 0.1) is 12.4 Å². The maximum absolute atomic E-state index is 12.0. The lowest BCUT2D eigenvalue weighted by Gasteiger charge is -2.07. The monoisotopic (exact) mass is 306 g/mol. The smallest absolute Gasteiger partial charge is 0.215 e. The molecule has 1 aromatic heterocycles. The molecule has 0 radical (unpaired) electrons. The van der Waals surface area contributed by atoms with Gasteiger partial charge >= 0.3 is 0 Å². The average molecular weight is 306 g/mol. The van der Waals surface area contributed by atoms with E-state index in [-0.39, 0.29) is 12.4 Å². The van der Waals surface area contributed by atoms with Gasteiger partial charge in [0, 0.05) is 24.9 Å². The van der Waals surface area contributed by atoms with Crippen LogP contribution in [0.5, 0.6) is 0 Å². The quantitative estimate of drug-likeness (QED) is 0.806. The second-order valence-electron chi connectivity index (χ2n) is 4.70. The van der Waals surface area contributed by atoms with Gasteiger partial charge in [-0.25, -0.2) is 13.1 Å². The molecule has 112 valence electrons. The molecular formula is C15H18N2O3S. The van der Waals surface area contributed by atoms with Crippen molar-refractivity contribution in [2.24, 2.45) is 0 Å². The Morgan fingerprint density at radius 2 is 1.90 bits per heavy atom. The fourth-order valence-electron chi connectivity index (χ4n) is 1.97. The van der Waals surface area contributed by atoms with E-state index in [0.717, 1.165) is 5.69 Å². The van der Waals surface area contributed by atoms with Crippen LogP contribution in [0.4, 0.5) is 0 Å². The van der Waals surface area contributed by atoms with E-state index in [1.807, 2.05) is 18.2 Å². The number of aliphatic hydroxyl groups is 1. The third-order valence-corrected chi connectivity index (χ3v) is 4.32. The second kappa shape index (κ2) is 7.31. The van der Waals surface area contributed by atoms with Gasteiger partial charge in [-0.3, -0.25) is 4.98 Å². The molecule has 0 saturated heterocycles. The van der Waals surface area contributed by atoms with Crippen molar-refractivity contribution in [1.82, 2.24) is 9.71 Å². The molecule has 2 aromatic rings. The number of nitrogens with one attached hydrogen (secondary N) is 1. The van der Waals surface area contributed by atoms with Crippen molar-refractivity contribution in [2.45, 2.75) is 18.8 Å². The van der Waals surface area contributed by atoms with E-state index in [0.29, 0.717) is 24.1 Å². The zero-order valence-corrected chi connectivity index (χ0v) is 12.4. The zero-order chi connectivity index (χ0) is 15.1. The highest BCUT2D eigenvalue weighted by Gasteiger charge is 2.11. The molecule has 0 bridgehead atoms. The first-order valence-electron chi connectivity index (χ1n) is 6.65. The minimum atomic E-state index is -3.39. The molecule has 21 heavy (non-hydrogen) atoms. The highest BCUT2D eigenvalue weighted by atomic mass is 32.2. The molecule has 0 aliphatic carbocycles. The van der Waals surface area contributed by atoms with Crippen LogP contribution in [0.1, 0.15) is 16.8 Å². The van der Waals surface area contributed by atoms with Crippen LogP contribution in [-0.2, 0) is 28.8 Å². The van der Waals surface area contributed by atoms with Crippen LogP contribution >= 0.6 is 0 Å². The number of sulfonamides is 1. The van der Waals surface area contributed by atoms with Gasteiger partial charge in [-0.05, 0) is 23.3 Å². The van der Waals surface area contributed by atoms with Crippen LogP contribution in [0.15, 0.2) is 48.7 Å². The molecule has 0 amide bonds.